The predicted octanol–water partition coefficient (Wildman–Crippen LogP) is 0.994. The molecule has 1 fully saturated rings. The van der Waals surface area contributed by atoms with Gasteiger partial charge in [-0.3, -0.25) is 14.4 Å². The fourth-order valence-electron chi connectivity index (χ4n) is 2.89. The lowest BCUT2D eigenvalue weighted by Gasteiger charge is -2.34. The molecule has 1 amide bonds. The molecule has 3 rings (SSSR count). The highest BCUT2D eigenvalue weighted by Crippen LogP contribution is 2.11. The van der Waals surface area contributed by atoms with Gasteiger partial charge in [-0.15, -0.1) is 0 Å². The topological polar surface area (TPSA) is 67.4 Å². The van der Waals surface area contributed by atoms with Crippen LogP contribution in [0.15, 0.2) is 23.0 Å². The van der Waals surface area contributed by atoms with Gasteiger partial charge in [-0.25, -0.2) is 0 Å². The van der Waals surface area contributed by atoms with Gasteiger partial charge in [0.15, 0.2) is 0 Å². The van der Waals surface area contributed by atoms with Crippen molar-refractivity contribution in [2.75, 3.05) is 26.2 Å². The van der Waals surface area contributed by atoms with Gasteiger partial charge in [-0.1, -0.05) is 5.16 Å². The zero-order valence-corrected chi connectivity index (χ0v) is 13.7. The van der Waals surface area contributed by atoms with Crippen LogP contribution in [0.2, 0.25) is 0 Å². The Balaban J connectivity index is 1.42. The first-order valence-electron chi connectivity index (χ1n) is 8.00. The SMILES string of the molecule is Cc1cc(CN2CCN(C(=O)CCc3cnn(C)c3)CC2)no1. The highest BCUT2D eigenvalue weighted by molar-refractivity contribution is 5.76. The number of aromatic nitrogens is 3. The van der Waals surface area contributed by atoms with E-state index in [0.717, 1.165) is 56.2 Å². The Hall–Kier alpha value is -2.15. The standard InChI is InChI=1S/C16H23N5O2/c1-13-9-15(18-23-13)12-20-5-7-21(8-6-20)16(22)4-3-14-10-17-19(2)11-14/h9-11H,3-8,12H2,1-2H3. The number of hydrogen-bond acceptors (Lipinski definition) is 5. The Morgan fingerprint density at radius 2 is 2.09 bits per heavy atom. The van der Waals surface area contributed by atoms with Gasteiger partial charge >= 0.3 is 0 Å². The molecule has 0 unspecified atom stereocenters. The highest BCUT2D eigenvalue weighted by atomic mass is 16.5. The first-order chi connectivity index (χ1) is 11.1. The molecule has 0 aromatic carbocycles. The fourth-order valence-corrected chi connectivity index (χ4v) is 2.89. The average Bonchev–Trinajstić information content (AvgIpc) is 3.14. The van der Waals surface area contributed by atoms with Crippen LogP contribution in [0.1, 0.15) is 23.4 Å². The second kappa shape index (κ2) is 6.95. The Labute approximate surface area is 135 Å². The van der Waals surface area contributed by atoms with Gasteiger partial charge in [0.05, 0.1) is 11.9 Å². The molecule has 2 aromatic heterocycles. The van der Waals surface area contributed by atoms with E-state index in [1.54, 1.807) is 4.68 Å². The Morgan fingerprint density at radius 3 is 2.70 bits per heavy atom. The molecule has 0 radical (unpaired) electrons. The van der Waals surface area contributed by atoms with Crippen LogP contribution in [-0.2, 0) is 24.8 Å². The van der Waals surface area contributed by atoms with E-state index < -0.39 is 0 Å². The number of hydrogen-bond donors (Lipinski definition) is 0. The van der Waals surface area contributed by atoms with Crippen LogP contribution in [-0.4, -0.2) is 56.8 Å². The number of aryl methyl sites for hydroxylation is 3. The van der Waals surface area contributed by atoms with Crippen molar-refractivity contribution < 1.29 is 9.32 Å². The Kier molecular flexibility index (Phi) is 4.76. The number of nitrogens with zero attached hydrogens (tertiary/aromatic N) is 5. The molecule has 2 aromatic rings. The molecule has 1 aliphatic rings. The molecule has 1 aliphatic heterocycles. The first-order valence-corrected chi connectivity index (χ1v) is 8.00. The van der Waals surface area contributed by atoms with Gasteiger partial charge < -0.3 is 9.42 Å². The molecule has 0 aliphatic carbocycles. The Morgan fingerprint density at radius 1 is 1.30 bits per heavy atom. The molecule has 23 heavy (non-hydrogen) atoms. The van der Waals surface area contributed by atoms with Crippen molar-refractivity contribution in [3.8, 4) is 0 Å². The molecule has 3 heterocycles. The molecule has 7 heteroatoms. The van der Waals surface area contributed by atoms with Crippen LogP contribution in [0, 0.1) is 6.92 Å². The van der Waals surface area contributed by atoms with E-state index in [4.69, 9.17) is 4.52 Å². The average molecular weight is 317 g/mol. The number of carbonyl (C=O) groups is 1. The predicted molar refractivity (Wildman–Crippen MR) is 84.6 cm³/mol. The van der Waals surface area contributed by atoms with Gasteiger partial charge in [0, 0.05) is 58.5 Å². The molecule has 0 saturated carbocycles. The zero-order chi connectivity index (χ0) is 16.2. The third-order valence-electron chi connectivity index (χ3n) is 4.17. The van der Waals surface area contributed by atoms with Crippen LogP contribution in [0.4, 0.5) is 0 Å². The van der Waals surface area contributed by atoms with Crippen LogP contribution in [0.3, 0.4) is 0 Å². The van der Waals surface area contributed by atoms with Crippen molar-refractivity contribution in [1.82, 2.24) is 24.7 Å². The molecule has 1 saturated heterocycles. The maximum atomic E-state index is 12.3. The van der Waals surface area contributed by atoms with Crippen LogP contribution < -0.4 is 0 Å². The van der Waals surface area contributed by atoms with Gasteiger partial charge in [-0.05, 0) is 18.9 Å². The van der Waals surface area contributed by atoms with Gasteiger partial charge in [0.25, 0.3) is 0 Å². The third-order valence-corrected chi connectivity index (χ3v) is 4.17. The second-order valence-corrected chi connectivity index (χ2v) is 6.11. The summed E-state index contributed by atoms with van der Waals surface area (Å²) in [6.07, 6.45) is 5.09. The summed E-state index contributed by atoms with van der Waals surface area (Å²) in [5, 5.41) is 8.15. The quantitative estimate of drug-likeness (QED) is 0.823. The summed E-state index contributed by atoms with van der Waals surface area (Å²) in [4.78, 5) is 16.6. The summed E-state index contributed by atoms with van der Waals surface area (Å²) in [5.41, 5.74) is 2.07. The lowest BCUT2D eigenvalue weighted by Crippen LogP contribution is -2.48. The first kappa shape index (κ1) is 15.7. The smallest absolute Gasteiger partial charge is 0.222 e. The molecular weight excluding hydrogens is 294 g/mol. The zero-order valence-electron chi connectivity index (χ0n) is 13.7. The highest BCUT2D eigenvalue weighted by Gasteiger charge is 2.21. The number of rotatable bonds is 5. The summed E-state index contributed by atoms with van der Waals surface area (Å²) in [6, 6.07) is 1.96. The van der Waals surface area contributed by atoms with E-state index in [-0.39, 0.29) is 5.91 Å². The maximum absolute atomic E-state index is 12.3. The monoisotopic (exact) mass is 317 g/mol. The summed E-state index contributed by atoms with van der Waals surface area (Å²) < 4.78 is 6.86. The summed E-state index contributed by atoms with van der Waals surface area (Å²) in [5.74, 6) is 1.06. The summed E-state index contributed by atoms with van der Waals surface area (Å²) in [7, 11) is 1.89. The minimum atomic E-state index is 0.228. The van der Waals surface area contributed by atoms with Crippen molar-refractivity contribution in [1.29, 1.82) is 0 Å². The van der Waals surface area contributed by atoms with E-state index in [0.29, 0.717) is 6.42 Å². The third kappa shape index (κ3) is 4.19. The lowest BCUT2D eigenvalue weighted by atomic mass is 10.1. The molecule has 0 spiro atoms. The normalized spacial score (nSPS) is 16.0. The van der Waals surface area contributed by atoms with E-state index in [9.17, 15) is 4.79 Å². The van der Waals surface area contributed by atoms with Gasteiger partial charge in [0.1, 0.15) is 5.76 Å². The largest absolute Gasteiger partial charge is 0.361 e. The van der Waals surface area contributed by atoms with Crippen LogP contribution in [0.25, 0.3) is 0 Å². The number of piperazine rings is 1. The molecule has 124 valence electrons. The maximum Gasteiger partial charge on any atom is 0.222 e. The van der Waals surface area contributed by atoms with E-state index in [1.807, 2.05) is 37.3 Å². The number of amides is 1. The van der Waals surface area contributed by atoms with Crippen LogP contribution in [0.5, 0.6) is 0 Å². The van der Waals surface area contributed by atoms with Gasteiger partial charge in [-0.2, -0.15) is 5.10 Å². The Bertz CT molecular complexity index is 655. The van der Waals surface area contributed by atoms with Gasteiger partial charge in [0.2, 0.25) is 5.91 Å². The van der Waals surface area contributed by atoms with Crippen molar-refractivity contribution in [2.45, 2.75) is 26.3 Å². The summed E-state index contributed by atoms with van der Waals surface area (Å²) in [6.45, 7) is 6.00. The van der Waals surface area contributed by atoms with Crippen molar-refractivity contribution in [2.24, 2.45) is 7.05 Å². The fraction of sp³-hybridized carbons (Fsp3) is 0.562. The molecule has 0 bridgehead atoms. The molecule has 0 atom stereocenters. The van der Waals surface area contributed by atoms with E-state index >= 15 is 0 Å². The minimum Gasteiger partial charge on any atom is -0.361 e. The van der Waals surface area contributed by atoms with Crippen molar-refractivity contribution >= 4 is 5.91 Å². The molecule has 0 N–H and O–H groups in total. The summed E-state index contributed by atoms with van der Waals surface area (Å²) >= 11 is 0. The minimum absolute atomic E-state index is 0.228. The number of carbonyl (C=O) groups excluding carboxylic acids is 1. The van der Waals surface area contributed by atoms with Crippen molar-refractivity contribution in [3.63, 3.8) is 0 Å². The molecule has 7 nitrogen and oxygen atoms in total. The lowest BCUT2D eigenvalue weighted by molar-refractivity contribution is -0.133. The van der Waals surface area contributed by atoms with E-state index in [2.05, 4.69) is 15.2 Å². The van der Waals surface area contributed by atoms with E-state index in [1.165, 1.54) is 0 Å². The molecular formula is C16H23N5O2. The van der Waals surface area contributed by atoms with Crippen molar-refractivity contribution in [3.05, 3.63) is 35.5 Å². The van der Waals surface area contributed by atoms with Crippen LogP contribution >= 0.6 is 0 Å². The second-order valence-electron chi connectivity index (χ2n) is 6.11.